The van der Waals surface area contributed by atoms with E-state index < -0.39 is 0 Å². The van der Waals surface area contributed by atoms with Crippen LogP contribution in [0.1, 0.15) is 12.5 Å². The number of thioether (sulfide) groups is 1. The zero-order valence-corrected chi connectivity index (χ0v) is 10.2. The van der Waals surface area contributed by atoms with Crippen molar-refractivity contribution in [3.63, 3.8) is 0 Å². The van der Waals surface area contributed by atoms with Crippen LogP contribution in [0.4, 0.5) is 4.39 Å². The van der Waals surface area contributed by atoms with E-state index in [0.717, 1.165) is 5.75 Å². The maximum atomic E-state index is 13.3. The number of hydrogen-bond donors (Lipinski definition) is 1. The summed E-state index contributed by atoms with van der Waals surface area (Å²) in [4.78, 5) is 0. The van der Waals surface area contributed by atoms with Crippen molar-refractivity contribution >= 4 is 23.4 Å². The molecule has 0 radical (unpaired) electrons. The third-order valence-electron chi connectivity index (χ3n) is 2.07. The van der Waals surface area contributed by atoms with Crippen molar-refractivity contribution in [2.24, 2.45) is 11.7 Å². The number of hydrogen-bond acceptors (Lipinski definition) is 2. The van der Waals surface area contributed by atoms with E-state index in [1.165, 1.54) is 6.07 Å². The molecule has 1 atom stereocenters. The highest BCUT2D eigenvalue weighted by molar-refractivity contribution is 7.98. The van der Waals surface area contributed by atoms with E-state index in [-0.39, 0.29) is 5.82 Å². The number of benzene rings is 1. The van der Waals surface area contributed by atoms with Gasteiger partial charge in [-0.2, -0.15) is 11.8 Å². The van der Waals surface area contributed by atoms with Crippen LogP contribution in [0.15, 0.2) is 18.2 Å². The van der Waals surface area contributed by atoms with Crippen LogP contribution in [-0.2, 0) is 5.75 Å². The first-order chi connectivity index (χ1) is 7.13. The van der Waals surface area contributed by atoms with Gasteiger partial charge in [0.15, 0.2) is 0 Å². The standard InChI is InChI=1S/C11H15ClFNS/c1-8(5-14)6-15-7-9-4-10(12)2-3-11(9)13/h2-4,8H,5-7,14H2,1H3. The number of rotatable bonds is 5. The Balaban J connectivity index is 2.46. The minimum absolute atomic E-state index is 0.188. The van der Waals surface area contributed by atoms with Crippen molar-refractivity contribution in [3.8, 4) is 0 Å². The fourth-order valence-electron chi connectivity index (χ4n) is 1.09. The lowest BCUT2D eigenvalue weighted by atomic mass is 10.2. The Labute approximate surface area is 99.2 Å². The summed E-state index contributed by atoms with van der Waals surface area (Å²) < 4.78 is 13.3. The third-order valence-corrected chi connectivity index (χ3v) is 3.63. The summed E-state index contributed by atoms with van der Waals surface area (Å²) in [5, 5.41) is 0.582. The maximum Gasteiger partial charge on any atom is 0.127 e. The molecule has 0 aliphatic carbocycles. The van der Waals surface area contributed by atoms with E-state index in [1.54, 1.807) is 23.9 Å². The van der Waals surface area contributed by atoms with Gasteiger partial charge in [-0.1, -0.05) is 18.5 Å². The van der Waals surface area contributed by atoms with E-state index in [2.05, 4.69) is 6.92 Å². The SMILES string of the molecule is CC(CN)CSCc1cc(Cl)ccc1F. The molecule has 0 heterocycles. The summed E-state index contributed by atoms with van der Waals surface area (Å²) in [5.74, 6) is 1.88. The molecule has 0 saturated carbocycles. The van der Waals surface area contributed by atoms with Gasteiger partial charge in [-0.3, -0.25) is 0 Å². The lowest BCUT2D eigenvalue weighted by Crippen LogP contribution is -2.12. The van der Waals surface area contributed by atoms with E-state index in [4.69, 9.17) is 17.3 Å². The molecule has 84 valence electrons. The molecule has 0 aliphatic heterocycles. The molecule has 1 aromatic rings. The van der Waals surface area contributed by atoms with Crippen molar-refractivity contribution in [1.29, 1.82) is 0 Å². The van der Waals surface area contributed by atoms with Crippen molar-refractivity contribution in [3.05, 3.63) is 34.6 Å². The fourth-order valence-corrected chi connectivity index (χ4v) is 2.38. The molecule has 0 aliphatic rings. The van der Waals surface area contributed by atoms with Crippen LogP contribution >= 0.6 is 23.4 Å². The number of halogens is 2. The maximum absolute atomic E-state index is 13.3. The quantitative estimate of drug-likeness (QED) is 0.864. The Morgan fingerprint density at radius 3 is 2.93 bits per heavy atom. The summed E-state index contributed by atoms with van der Waals surface area (Å²) in [5.41, 5.74) is 6.16. The average Bonchev–Trinajstić information content (AvgIpc) is 2.23. The third kappa shape index (κ3) is 4.41. The second-order valence-corrected chi connectivity index (χ2v) is 5.06. The second kappa shape index (κ2) is 6.36. The Morgan fingerprint density at radius 1 is 1.53 bits per heavy atom. The van der Waals surface area contributed by atoms with Crippen molar-refractivity contribution in [2.45, 2.75) is 12.7 Å². The molecule has 0 saturated heterocycles. The van der Waals surface area contributed by atoms with Gasteiger partial charge in [0, 0.05) is 10.8 Å². The molecule has 4 heteroatoms. The van der Waals surface area contributed by atoms with Gasteiger partial charge in [-0.25, -0.2) is 4.39 Å². The first kappa shape index (κ1) is 12.8. The van der Waals surface area contributed by atoms with Gasteiger partial charge in [-0.05, 0) is 42.0 Å². The van der Waals surface area contributed by atoms with E-state index >= 15 is 0 Å². The largest absolute Gasteiger partial charge is 0.330 e. The van der Waals surface area contributed by atoms with Gasteiger partial charge in [0.2, 0.25) is 0 Å². The second-order valence-electron chi connectivity index (χ2n) is 3.59. The molecule has 1 nitrogen and oxygen atoms in total. The van der Waals surface area contributed by atoms with Gasteiger partial charge in [-0.15, -0.1) is 0 Å². The molecule has 1 unspecified atom stereocenters. The van der Waals surface area contributed by atoms with Crippen LogP contribution in [0.3, 0.4) is 0 Å². The highest BCUT2D eigenvalue weighted by atomic mass is 35.5. The summed E-state index contributed by atoms with van der Waals surface area (Å²) in [7, 11) is 0. The van der Waals surface area contributed by atoms with Gasteiger partial charge in [0.1, 0.15) is 5.82 Å². The summed E-state index contributed by atoms with van der Waals surface area (Å²) >= 11 is 7.47. The molecular formula is C11H15ClFNS. The van der Waals surface area contributed by atoms with Gasteiger partial charge < -0.3 is 5.73 Å². The Kier molecular flexibility index (Phi) is 5.43. The lowest BCUT2D eigenvalue weighted by molar-refractivity contribution is 0.617. The molecule has 0 spiro atoms. The Hall–Kier alpha value is -0.250. The van der Waals surface area contributed by atoms with Gasteiger partial charge >= 0.3 is 0 Å². The topological polar surface area (TPSA) is 26.0 Å². The van der Waals surface area contributed by atoms with Crippen LogP contribution in [0, 0.1) is 11.7 Å². The Bertz CT molecular complexity index is 319. The van der Waals surface area contributed by atoms with Crippen LogP contribution in [0.25, 0.3) is 0 Å². The molecule has 1 rings (SSSR count). The molecule has 15 heavy (non-hydrogen) atoms. The molecule has 0 bridgehead atoms. The molecule has 0 aromatic heterocycles. The van der Waals surface area contributed by atoms with Gasteiger partial charge in [0.05, 0.1) is 0 Å². The van der Waals surface area contributed by atoms with Crippen LogP contribution in [-0.4, -0.2) is 12.3 Å². The minimum atomic E-state index is -0.188. The molecular weight excluding hydrogens is 233 g/mol. The molecule has 0 fully saturated rings. The summed E-state index contributed by atoms with van der Waals surface area (Å²) in [6, 6.07) is 4.65. The molecule has 2 N–H and O–H groups in total. The van der Waals surface area contributed by atoms with E-state index in [0.29, 0.717) is 28.8 Å². The Morgan fingerprint density at radius 2 is 2.27 bits per heavy atom. The zero-order valence-electron chi connectivity index (χ0n) is 8.67. The van der Waals surface area contributed by atoms with Crippen molar-refractivity contribution < 1.29 is 4.39 Å². The van der Waals surface area contributed by atoms with Crippen LogP contribution in [0.5, 0.6) is 0 Å². The van der Waals surface area contributed by atoms with Crippen molar-refractivity contribution in [1.82, 2.24) is 0 Å². The number of nitrogens with two attached hydrogens (primary N) is 1. The normalized spacial score (nSPS) is 12.8. The first-order valence-corrected chi connectivity index (χ1v) is 6.38. The van der Waals surface area contributed by atoms with E-state index in [9.17, 15) is 4.39 Å². The predicted molar refractivity (Wildman–Crippen MR) is 65.8 cm³/mol. The molecule has 0 amide bonds. The predicted octanol–water partition coefficient (Wildman–Crippen LogP) is 3.31. The van der Waals surface area contributed by atoms with E-state index in [1.807, 2.05) is 0 Å². The lowest BCUT2D eigenvalue weighted by Gasteiger charge is -2.08. The zero-order chi connectivity index (χ0) is 11.3. The monoisotopic (exact) mass is 247 g/mol. The van der Waals surface area contributed by atoms with Gasteiger partial charge in [0.25, 0.3) is 0 Å². The summed E-state index contributed by atoms with van der Waals surface area (Å²) in [6.45, 7) is 2.76. The fraction of sp³-hybridized carbons (Fsp3) is 0.455. The average molecular weight is 248 g/mol. The van der Waals surface area contributed by atoms with Crippen LogP contribution in [0.2, 0.25) is 5.02 Å². The van der Waals surface area contributed by atoms with Crippen LogP contribution < -0.4 is 5.73 Å². The summed E-state index contributed by atoms with van der Waals surface area (Å²) in [6.07, 6.45) is 0. The minimum Gasteiger partial charge on any atom is -0.330 e. The first-order valence-electron chi connectivity index (χ1n) is 4.85. The highest BCUT2D eigenvalue weighted by Gasteiger charge is 2.04. The highest BCUT2D eigenvalue weighted by Crippen LogP contribution is 2.21. The van der Waals surface area contributed by atoms with Crippen molar-refractivity contribution in [2.75, 3.05) is 12.3 Å². The molecule has 1 aromatic carbocycles. The smallest absolute Gasteiger partial charge is 0.127 e.